The topological polar surface area (TPSA) is 3.24 Å². The van der Waals surface area contributed by atoms with Gasteiger partial charge in [-0.3, -0.25) is 0 Å². The van der Waals surface area contributed by atoms with Crippen molar-refractivity contribution < 1.29 is 0 Å². The summed E-state index contributed by atoms with van der Waals surface area (Å²) in [7, 11) is 0. The molecule has 0 aromatic carbocycles. The second kappa shape index (κ2) is 5.06. The van der Waals surface area contributed by atoms with Gasteiger partial charge in [-0.2, -0.15) is 0 Å². The molecular weight excluding hydrogens is 110 g/mol. The molecule has 0 fully saturated rings. The van der Waals surface area contributed by atoms with E-state index in [1.807, 2.05) is 4.90 Å². The first-order valence-electron chi connectivity index (χ1n) is 3.06. The zero-order valence-electron chi connectivity index (χ0n) is 5.94. The maximum atomic E-state index is 4.94. The Morgan fingerprint density at radius 3 is 2.22 bits per heavy atom. The van der Waals surface area contributed by atoms with Crippen molar-refractivity contribution in [1.82, 2.24) is 4.90 Å². The summed E-state index contributed by atoms with van der Waals surface area (Å²) in [6, 6.07) is 2.82. The van der Waals surface area contributed by atoms with Crippen LogP contribution in [0.2, 0.25) is 0 Å². The molecule has 0 saturated carbocycles. The van der Waals surface area contributed by atoms with E-state index in [4.69, 9.17) is 6.42 Å². The van der Waals surface area contributed by atoms with Crippen LogP contribution in [0.15, 0.2) is 0 Å². The first kappa shape index (κ1) is 7.92. The van der Waals surface area contributed by atoms with Gasteiger partial charge in [0.1, 0.15) is 0 Å². The summed E-state index contributed by atoms with van der Waals surface area (Å²) in [5.41, 5.74) is 0. The smallest absolute Gasteiger partial charge is 0.0232 e. The van der Waals surface area contributed by atoms with Crippen LogP contribution in [0.1, 0.15) is 13.8 Å². The van der Waals surface area contributed by atoms with E-state index in [-0.39, 0.29) is 0 Å². The minimum Gasteiger partial charge on any atom is -0.332 e. The average molecular weight is 121 g/mol. The molecule has 0 amide bonds. The highest BCUT2D eigenvalue weighted by Crippen LogP contribution is 1.79. The standard InChI is InChI=1S/C8H11N/c1-4-7-8-9(5-2)6-3/h1H,5-6H2,2-3H3. The third kappa shape index (κ3) is 3.50. The molecule has 0 aromatic rings. The molecule has 0 radical (unpaired) electrons. The Labute approximate surface area is 57.1 Å². The Morgan fingerprint density at radius 1 is 1.33 bits per heavy atom. The molecule has 0 aliphatic rings. The van der Waals surface area contributed by atoms with Gasteiger partial charge >= 0.3 is 0 Å². The third-order valence-electron chi connectivity index (χ3n) is 1.05. The van der Waals surface area contributed by atoms with Gasteiger partial charge in [0.15, 0.2) is 0 Å². The molecule has 0 N–H and O–H groups in total. The zero-order chi connectivity index (χ0) is 7.11. The number of rotatable bonds is 2. The lowest BCUT2D eigenvalue weighted by Gasteiger charge is -2.09. The Balaban J connectivity index is 3.71. The van der Waals surface area contributed by atoms with E-state index in [0.29, 0.717) is 0 Å². The van der Waals surface area contributed by atoms with Crippen molar-refractivity contribution in [2.45, 2.75) is 13.8 Å². The van der Waals surface area contributed by atoms with Gasteiger partial charge < -0.3 is 4.90 Å². The van der Waals surface area contributed by atoms with Crippen molar-refractivity contribution in [2.75, 3.05) is 13.1 Å². The molecule has 0 spiro atoms. The van der Waals surface area contributed by atoms with Crippen molar-refractivity contribution in [3.63, 3.8) is 0 Å². The normalized spacial score (nSPS) is 6.78. The lowest BCUT2D eigenvalue weighted by atomic mass is 10.5. The van der Waals surface area contributed by atoms with E-state index in [2.05, 4.69) is 31.7 Å². The Bertz CT molecular complexity index is 150. The van der Waals surface area contributed by atoms with Crippen molar-refractivity contribution in [3.05, 3.63) is 0 Å². The van der Waals surface area contributed by atoms with Crippen LogP contribution in [0.5, 0.6) is 0 Å². The van der Waals surface area contributed by atoms with Crippen LogP contribution >= 0.6 is 0 Å². The van der Waals surface area contributed by atoms with Gasteiger partial charge in [-0.1, -0.05) is 0 Å². The SMILES string of the molecule is C#CC#CN(CC)CC. The summed E-state index contributed by atoms with van der Waals surface area (Å²) in [5.74, 6) is 4.82. The van der Waals surface area contributed by atoms with Gasteiger partial charge in [-0.25, -0.2) is 0 Å². The third-order valence-corrected chi connectivity index (χ3v) is 1.05. The minimum absolute atomic E-state index is 0.936. The van der Waals surface area contributed by atoms with Crippen LogP contribution in [0.25, 0.3) is 0 Å². The molecule has 0 rings (SSSR count). The molecule has 0 aliphatic heterocycles. The number of hydrogen-bond donors (Lipinski definition) is 0. The fraction of sp³-hybridized carbons (Fsp3) is 0.500. The predicted octanol–water partition coefficient (Wildman–Crippen LogP) is 0.922. The second-order valence-corrected chi connectivity index (χ2v) is 1.55. The molecule has 0 unspecified atom stereocenters. The molecular formula is C8H11N. The lowest BCUT2D eigenvalue weighted by Crippen LogP contribution is -2.15. The van der Waals surface area contributed by atoms with Gasteiger partial charge in [-0.05, 0) is 19.8 Å². The first-order chi connectivity index (χ1) is 4.35. The van der Waals surface area contributed by atoms with Gasteiger partial charge in [0.25, 0.3) is 0 Å². The molecule has 48 valence electrons. The van der Waals surface area contributed by atoms with E-state index >= 15 is 0 Å². The summed E-state index contributed by atoms with van der Waals surface area (Å²) in [5, 5.41) is 0. The maximum absolute atomic E-state index is 4.94. The molecule has 1 heteroatoms. The van der Waals surface area contributed by atoms with Crippen LogP contribution in [0.4, 0.5) is 0 Å². The van der Waals surface area contributed by atoms with Crippen LogP contribution < -0.4 is 0 Å². The molecule has 0 saturated heterocycles. The van der Waals surface area contributed by atoms with Crippen molar-refractivity contribution >= 4 is 0 Å². The Hall–Kier alpha value is -1.08. The summed E-state index contributed by atoms with van der Waals surface area (Å²) in [4.78, 5) is 1.96. The van der Waals surface area contributed by atoms with E-state index < -0.39 is 0 Å². The van der Waals surface area contributed by atoms with Gasteiger partial charge in [-0.15, -0.1) is 6.42 Å². The van der Waals surface area contributed by atoms with E-state index in [1.165, 1.54) is 0 Å². The highest BCUT2D eigenvalue weighted by atomic mass is 15.1. The van der Waals surface area contributed by atoms with Crippen LogP contribution in [-0.2, 0) is 0 Å². The lowest BCUT2D eigenvalue weighted by molar-refractivity contribution is 0.444. The molecule has 9 heavy (non-hydrogen) atoms. The van der Waals surface area contributed by atoms with Gasteiger partial charge in [0, 0.05) is 25.1 Å². The average Bonchev–Trinajstić information content (AvgIpc) is 1.91. The second-order valence-electron chi connectivity index (χ2n) is 1.55. The highest BCUT2D eigenvalue weighted by Gasteiger charge is 1.85. The van der Waals surface area contributed by atoms with Crippen LogP contribution in [-0.4, -0.2) is 18.0 Å². The predicted molar refractivity (Wildman–Crippen MR) is 39.5 cm³/mol. The number of terminal acetylenes is 1. The Kier molecular flexibility index (Phi) is 4.46. The Morgan fingerprint density at radius 2 is 1.89 bits per heavy atom. The molecule has 0 aliphatic carbocycles. The molecule has 0 heterocycles. The fourth-order valence-electron chi connectivity index (χ4n) is 0.493. The zero-order valence-corrected chi connectivity index (χ0v) is 5.94. The van der Waals surface area contributed by atoms with E-state index in [9.17, 15) is 0 Å². The minimum atomic E-state index is 0.936. The van der Waals surface area contributed by atoms with Crippen molar-refractivity contribution in [2.24, 2.45) is 0 Å². The van der Waals surface area contributed by atoms with E-state index in [0.717, 1.165) is 13.1 Å². The number of nitrogens with zero attached hydrogens (tertiary/aromatic N) is 1. The fourth-order valence-corrected chi connectivity index (χ4v) is 0.493. The first-order valence-corrected chi connectivity index (χ1v) is 3.06. The molecule has 0 atom stereocenters. The largest absolute Gasteiger partial charge is 0.332 e. The van der Waals surface area contributed by atoms with Gasteiger partial charge in [0.2, 0.25) is 0 Å². The summed E-state index contributed by atoms with van der Waals surface area (Å²) >= 11 is 0. The summed E-state index contributed by atoms with van der Waals surface area (Å²) in [6.45, 7) is 5.97. The van der Waals surface area contributed by atoms with Crippen LogP contribution in [0.3, 0.4) is 0 Å². The maximum Gasteiger partial charge on any atom is 0.0232 e. The molecule has 0 bridgehead atoms. The van der Waals surface area contributed by atoms with Gasteiger partial charge in [0.05, 0.1) is 0 Å². The number of hydrogen-bond acceptors (Lipinski definition) is 1. The summed E-state index contributed by atoms with van der Waals surface area (Å²) < 4.78 is 0. The monoisotopic (exact) mass is 121 g/mol. The molecule has 0 aromatic heterocycles. The summed E-state index contributed by atoms with van der Waals surface area (Å²) in [6.07, 6.45) is 4.94. The van der Waals surface area contributed by atoms with E-state index in [1.54, 1.807) is 0 Å². The van der Waals surface area contributed by atoms with Crippen LogP contribution in [0, 0.1) is 24.3 Å². The van der Waals surface area contributed by atoms with Crippen molar-refractivity contribution in [3.8, 4) is 24.3 Å². The highest BCUT2D eigenvalue weighted by molar-refractivity contribution is 5.20. The quantitative estimate of drug-likeness (QED) is 0.388. The molecule has 1 nitrogen and oxygen atoms in total. The van der Waals surface area contributed by atoms with Crippen molar-refractivity contribution in [1.29, 1.82) is 0 Å².